The van der Waals surface area contributed by atoms with Crippen molar-refractivity contribution < 1.29 is 4.74 Å². The summed E-state index contributed by atoms with van der Waals surface area (Å²) in [4.78, 5) is 0. The lowest BCUT2D eigenvalue weighted by Crippen LogP contribution is -2.27. The van der Waals surface area contributed by atoms with Gasteiger partial charge in [0, 0.05) is 0 Å². The van der Waals surface area contributed by atoms with E-state index in [1.165, 1.54) is 38.5 Å². The van der Waals surface area contributed by atoms with Crippen LogP contribution < -0.4 is 5.32 Å². The summed E-state index contributed by atoms with van der Waals surface area (Å²) in [6, 6.07) is 0. The first-order valence-electron chi connectivity index (χ1n) is 6.19. The molecule has 84 valence electrons. The van der Waals surface area contributed by atoms with E-state index in [1.54, 1.807) is 0 Å². The second-order valence-electron chi connectivity index (χ2n) is 4.39. The van der Waals surface area contributed by atoms with E-state index in [4.69, 9.17) is 4.74 Å². The molecule has 2 nitrogen and oxygen atoms in total. The molecule has 0 aromatic rings. The monoisotopic (exact) mass is 199 g/mol. The average Bonchev–Trinajstić information content (AvgIpc) is 2.11. The third kappa shape index (κ3) is 4.97. The molecular weight excluding hydrogens is 174 g/mol. The summed E-state index contributed by atoms with van der Waals surface area (Å²) < 4.78 is 5.87. The maximum Gasteiger partial charge on any atom is 0.0578 e. The van der Waals surface area contributed by atoms with Gasteiger partial charge in [-0.2, -0.15) is 0 Å². The molecule has 14 heavy (non-hydrogen) atoms. The van der Waals surface area contributed by atoms with Crippen LogP contribution in [0.1, 0.15) is 52.4 Å². The van der Waals surface area contributed by atoms with Crippen LogP contribution in [0.15, 0.2) is 0 Å². The third-order valence-corrected chi connectivity index (χ3v) is 2.87. The smallest absolute Gasteiger partial charge is 0.0578 e. The Labute approximate surface area is 88.4 Å². The van der Waals surface area contributed by atoms with Gasteiger partial charge in [0.15, 0.2) is 0 Å². The van der Waals surface area contributed by atoms with Gasteiger partial charge in [-0.3, -0.25) is 0 Å². The molecule has 0 heterocycles. The maximum absolute atomic E-state index is 5.87. The van der Waals surface area contributed by atoms with Crippen LogP contribution in [0.4, 0.5) is 0 Å². The van der Waals surface area contributed by atoms with Crippen molar-refractivity contribution in [1.82, 2.24) is 5.32 Å². The van der Waals surface area contributed by atoms with Crippen molar-refractivity contribution in [2.75, 3.05) is 13.1 Å². The molecule has 1 atom stereocenters. The van der Waals surface area contributed by atoms with Crippen LogP contribution in [-0.2, 0) is 4.74 Å². The quantitative estimate of drug-likeness (QED) is 0.607. The van der Waals surface area contributed by atoms with Crippen molar-refractivity contribution in [3.8, 4) is 0 Å². The van der Waals surface area contributed by atoms with E-state index >= 15 is 0 Å². The van der Waals surface area contributed by atoms with Crippen LogP contribution in [0.2, 0.25) is 0 Å². The molecule has 0 amide bonds. The minimum atomic E-state index is 0.462. The molecule has 1 saturated carbocycles. The summed E-state index contributed by atoms with van der Waals surface area (Å²) in [6.07, 6.45) is 8.68. The van der Waals surface area contributed by atoms with Crippen LogP contribution in [0.5, 0.6) is 0 Å². The van der Waals surface area contributed by atoms with Gasteiger partial charge in [0.2, 0.25) is 0 Å². The highest BCUT2D eigenvalue weighted by atomic mass is 16.5. The molecule has 1 unspecified atom stereocenters. The van der Waals surface area contributed by atoms with E-state index in [2.05, 4.69) is 19.2 Å². The minimum Gasteiger partial charge on any atom is -0.375 e. The van der Waals surface area contributed by atoms with Crippen molar-refractivity contribution in [3.05, 3.63) is 0 Å². The van der Waals surface area contributed by atoms with Crippen LogP contribution in [0.25, 0.3) is 0 Å². The summed E-state index contributed by atoms with van der Waals surface area (Å²) >= 11 is 0. The predicted octanol–water partition coefficient (Wildman–Crippen LogP) is 2.72. The molecule has 0 aromatic heterocycles. The number of hydrogen-bond donors (Lipinski definition) is 1. The van der Waals surface area contributed by atoms with Crippen molar-refractivity contribution in [1.29, 1.82) is 0 Å². The summed E-state index contributed by atoms with van der Waals surface area (Å²) in [5, 5.41) is 3.42. The highest BCUT2D eigenvalue weighted by Crippen LogP contribution is 2.24. The maximum atomic E-state index is 5.87. The molecule has 0 aliphatic heterocycles. The molecule has 1 rings (SSSR count). The first-order chi connectivity index (χ1) is 6.83. The fourth-order valence-corrected chi connectivity index (χ4v) is 1.72. The summed E-state index contributed by atoms with van der Waals surface area (Å²) in [5.74, 6) is 0. The van der Waals surface area contributed by atoms with Gasteiger partial charge in [0.05, 0.1) is 12.2 Å². The minimum absolute atomic E-state index is 0.462. The SMILES string of the molecule is CCCNCCCC(C)OC1CCC1. The predicted molar refractivity (Wildman–Crippen MR) is 60.6 cm³/mol. The van der Waals surface area contributed by atoms with Crippen molar-refractivity contribution >= 4 is 0 Å². The first-order valence-corrected chi connectivity index (χ1v) is 6.19. The third-order valence-electron chi connectivity index (χ3n) is 2.87. The van der Waals surface area contributed by atoms with Crippen molar-refractivity contribution in [2.24, 2.45) is 0 Å². The fraction of sp³-hybridized carbons (Fsp3) is 1.00. The Bertz CT molecular complexity index is 134. The van der Waals surface area contributed by atoms with Crippen LogP contribution in [0.3, 0.4) is 0 Å². The Morgan fingerprint density at radius 1 is 1.36 bits per heavy atom. The lowest BCUT2D eigenvalue weighted by molar-refractivity contribution is -0.0464. The number of ether oxygens (including phenoxy) is 1. The Balaban J connectivity index is 1.84. The zero-order valence-electron chi connectivity index (χ0n) is 9.72. The molecule has 0 radical (unpaired) electrons. The Kier molecular flexibility index (Phi) is 6.20. The number of rotatable bonds is 8. The average molecular weight is 199 g/mol. The molecular formula is C12H25NO. The second-order valence-corrected chi connectivity index (χ2v) is 4.39. The van der Waals surface area contributed by atoms with E-state index in [9.17, 15) is 0 Å². The lowest BCUT2D eigenvalue weighted by atomic mass is 9.96. The Morgan fingerprint density at radius 2 is 2.14 bits per heavy atom. The molecule has 1 fully saturated rings. The van der Waals surface area contributed by atoms with Gasteiger partial charge < -0.3 is 10.1 Å². The van der Waals surface area contributed by atoms with Crippen LogP contribution >= 0.6 is 0 Å². The zero-order chi connectivity index (χ0) is 10.2. The van der Waals surface area contributed by atoms with E-state index in [0.29, 0.717) is 12.2 Å². The van der Waals surface area contributed by atoms with Gasteiger partial charge in [-0.15, -0.1) is 0 Å². The largest absolute Gasteiger partial charge is 0.375 e. The summed E-state index contributed by atoms with van der Waals surface area (Å²) in [7, 11) is 0. The number of nitrogens with one attached hydrogen (secondary N) is 1. The topological polar surface area (TPSA) is 21.3 Å². The zero-order valence-corrected chi connectivity index (χ0v) is 9.72. The van der Waals surface area contributed by atoms with Gasteiger partial charge in [0.1, 0.15) is 0 Å². The van der Waals surface area contributed by atoms with Gasteiger partial charge in [-0.05, 0) is 58.5 Å². The van der Waals surface area contributed by atoms with Crippen molar-refractivity contribution in [3.63, 3.8) is 0 Å². The first kappa shape index (κ1) is 12.0. The molecule has 0 saturated heterocycles. The second kappa shape index (κ2) is 7.24. The van der Waals surface area contributed by atoms with E-state index in [1.807, 2.05) is 0 Å². The molecule has 0 aromatic carbocycles. The molecule has 1 N–H and O–H groups in total. The summed E-state index contributed by atoms with van der Waals surface area (Å²) in [6.45, 7) is 6.71. The van der Waals surface area contributed by atoms with E-state index in [-0.39, 0.29) is 0 Å². The fourth-order valence-electron chi connectivity index (χ4n) is 1.72. The molecule has 1 aliphatic rings. The molecule has 0 spiro atoms. The van der Waals surface area contributed by atoms with Crippen LogP contribution in [0, 0.1) is 0 Å². The van der Waals surface area contributed by atoms with Crippen LogP contribution in [-0.4, -0.2) is 25.3 Å². The van der Waals surface area contributed by atoms with Crippen molar-refractivity contribution in [2.45, 2.75) is 64.6 Å². The van der Waals surface area contributed by atoms with E-state index in [0.717, 1.165) is 13.1 Å². The highest BCUT2D eigenvalue weighted by molar-refractivity contribution is 4.70. The number of hydrogen-bond acceptors (Lipinski definition) is 2. The van der Waals surface area contributed by atoms with Gasteiger partial charge >= 0.3 is 0 Å². The summed E-state index contributed by atoms with van der Waals surface area (Å²) in [5.41, 5.74) is 0. The molecule has 1 aliphatic carbocycles. The van der Waals surface area contributed by atoms with Gasteiger partial charge in [-0.25, -0.2) is 0 Å². The lowest BCUT2D eigenvalue weighted by Gasteiger charge is -2.29. The standard InChI is InChI=1S/C12H25NO/c1-3-9-13-10-5-6-11(2)14-12-7-4-8-12/h11-13H,3-10H2,1-2H3. The Morgan fingerprint density at radius 3 is 2.71 bits per heavy atom. The normalized spacial score (nSPS) is 19.3. The van der Waals surface area contributed by atoms with E-state index < -0.39 is 0 Å². The Hall–Kier alpha value is -0.0800. The molecule has 0 bridgehead atoms. The highest BCUT2D eigenvalue weighted by Gasteiger charge is 2.19. The van der Waals surface area contributed by atoms with Gasteiger partial charge in [-0.1, -0.05) is 6.92 Å². The molecule has 2 heteroatoms. The van der Waals surface area contributed by atoms with Gasteiger partial charge in [0.25, 0.3) is 0 Å².